The van der Waals surface area contributed by atoms with Crippen LogP contribution in [0.4, 0.5) is 0 Å². The molecule has 2 aromatic heterocycles. The summed E-state index contributed by atoms with van der Waals surface area (Å²) < 4.78 is 7.05. The normalized spacial score (nSPS) is 18.3. The standard InChI is InChI=1S/C11H9N3O/c12-6-11(7-15-8-11)9-1-3-14-4-2-13-10(14)5-9/h1-5H,7-8H2. The van der Waals surface area contributed by atoms with Crippen LogP contribution < -0.4 is 0 Å². The van der Waals surface area contributed by atoms with E-state index in [4.69, 9.17) is 10.00 Å². The lowest BCUT2D eigenvalue weighted by atomic mass is 9.81. The first-order valence-corrected chi connectivity index (χ1v) is 4.76. The zero-order valence-corrected chi connectivity index (χ0v) is 8.05. The molecule has 3 heterocycles. The van der Waals surface area contributed by atoms with Crippen molar-refractivity contribution in [2.45, 2.75) is 5.41 Å². The molecule has 0 aromatic carbocycles. The maximum absolute atomic E-state index is 9.16. The molecule has 0 aliphatic carbocycles. The van der Waals surface area contributed by atoms with Gasteiger partial charge in [0, 0.05) is 18.6 Å². The Kier molecular flexibility index (Phi) is 1.58. The summed E-state index contributed by atoms with van der Waals surface area (Å²) in [5.41, 5.74) is 1.41. The van der Waals surface area contributed by atoms with Gasteiger partial charge in [0.25, 0.3) is 0 Å². The predicted octanol–water partition coefficient (Wildman–Crippen LogP) is 1.13. The fraction of sp³-hybridized carbons (Fsp3) is 0.273. The second-order valence-electron chi connectivity index (χ2n) is 3.79. The van der Waals surface area contributed by atoms with Gasteiger partial charge in [-0.15, -0.1) is 0 Å². The fourth-order valence-electron chi connectivity index (χ4n) is 1.81. The van der Waals surface area contributed by atoms with Crippen molar-refractivity contribution < 1.29 is 4.74 Å². The third-order valence-electron chi connectivity index (χ3n) is 2.86. The molecule has 0 amide bonds. The number of nitrogens with zero attached hydrogens (tertiary/aromatic N) is 3. The first-order valence-electron chi connectivity index (χ1n) is 4.76. The Hall–Kier alpha value is -1.86. The third-order valence-corrected chi connectivity index (χ3v) is 2.86. The van der Waals surface area contributed by atoms with Crippen LogP contribution in [0, 0.1) is 11.3 Å². The molecule has 0 saturated carbocycles. The average molecular weight is 199 g/mol. The third kappa shape index (κ3) is 1.07. The Morgan fingerprint density at radius 3 is 3.00 bits per heavy atom. The van der Waals surface area contributed by atoms with E-state index in [1.54, 1.807) is 6.20 Å². The Labute approximate surface area is 86.7 Å². The fourth-order valence-corrected chi connectivity index (χ4v) is 1.81. The van der Waals surface area contributed by atoms with Crippen molar-refractivity contribution in [1.82, 2.24) is 9.38 Å². The van der Waals surface area contributed by atoms with Crippen LogP contribution in [0.1, 0.15) is 5.56 Å². The number of hydrogen-bond donors (Lipinski definition) is 0. The highest BCUT2D eigenvalue weighted by Gasteiger charge is 2.40. The van der Waals surface area contributed by atoms with Gasteiger partial charge in [0.05, 0.1) is 19.3 Å². The van der Waals surface area contributed by atoms with Gasteiger partial charge in [0.1, 0.15) is 11.1 Å². The summed E-state index contributed by atoms with van der Waals surface area (Å²) in [5.74, 6) is 0. The van der Waals surface area contributed by atoms with Crippen LogP contribution in [0.3, 0.4) is 0 Å². The molecule has 1 fully saturated rings. The molecule has 1 aliphatic heterocycles. The molecule has 0 atom stereocenters. The van der Waals surface area contributed by atoms with E-state index in [0.29, 0.717) is 13.2 Å². The highest BCUT2D eigenvalue weighted by molar-refractivity contribution is 5.47. The van der Waals surface area contributed by atoms with Crippen molar-refractivity contribution in [2.75, 3.05) is 13.2 Å². The molecular weight excluding hydrogens is 190 g/mol. The molecule has 15 heavy (non-hydrogen) atoms. The van der Waals surface area contributed by atoms with Crippen molar-refractivity contribution in [3.8, 4) is 6.07 Å². The second kappa shape index (κ2) is 2.81. The number of fused-ring (bicyclic) bond motifs is 1. The van der Waals surface area contributed by atoms with Gasteiger partial charge in [0.2, 0.25) is 0 Å². The number of hydrogen-bond acceptors (Lipinski definition) is 3. The first kappa shape index (κ1) is 8.45. The average Bonchev–Trinajstić information content (AvgIpc) is 2.64. The number of ether oxygens (including phenoxy) is 1. The van der Waals surface area contributed by atoms with Crippen molar-refractivity contribution in [3.63, 3.8) is 0 Å². The van der Waals surface area contributed by atoms with Gasteiger partial charge in [-0.3, -0.25) is 0 Å². The molecule has 0 radical (unpaired) electrons. The monoisotopic (exact) mass is 199 g/mol. The minimum Gasteiger partial charge on any atom is -0.377 e. The summed E-state index contributed by atoms with van der Waals surface area (Å²) in [5, 5.41) is 9.16. The molecule has 1 aliphatic rings. The van der Waals surface area contributed by atoms with Crippen molar-refractivity contribution in [2.24, 2.45) is 0 Å². The van der Waals surface area contributed by atoms with Crippen LogP contribution in [0.25, 0.3) is 5.65 Å². The zero-order valence-electron chi connectivity index (χ0n) is 8.05. The maximum Gasteiger partial charge on any atom is 0.136 e. The van der Waals surface area contributed by atoms with Crippen LogP contribution in [-0.2, 0) is 10.2 Å². The van der Waals surface area contributed by atoms with E-state index < -0.39 is 5.41 Å². The van der Waals surface area contributed by atoms with Crippen molar-refractivity contribution >= 4 is 5.65 Å². The Bertz CT molecular complexity index is 548. The lowest BCUT2D eigenvalue weighted by Gasteiger charge is -2.35. The highest BCUT2D eigenvalue weighted by atomic mass is 16.5. The molecule has 74 valence electrons. The SMILES string of the molecule is N#CC1(c2ccn3ccnc3c2)COC1. The van der Waals surface area contributed by atoms with E-state index >= 15 is 0 Å². The minimum atomic E-state index is -0.451. The quantitative estimate of drug-likeness (QED) is 0.691. The van der Waals surface area contributed by atoms with Crippen LogP contribution in [0.5, 0.6) is 0 Å². The van der Waals surface area contributed by atoms with E-state index in [0.717, 1.165) is 11.2 Å². The number of pyridine rings is 1. The molecule has 4 nitrogen and oxygen atoms in total. The van der Waals surface area contributed by atoms with E-state index in [1.165, 1.54) is 0 Å². The minimum absolute atomic E-state index is 0.451. The molecule has 1 saturated heterocycles. The van der Waals surface area contributed by atoms with E-state index in [2.05, 4.69) is 11.1 Å². The molecule has 0 spiro atoms. The molecular formula is C11H9N3O. The second-order valence-corrected chi connectivity index (χ2v) is 3.79. The van der Waals surface area contributed by atoms with Gasteiger partial charge >= 0.3 is 0 Å². The first-order chi connectivity index (χ1) is 7.34. The summed E-state index contributed by atoms with van der Waals surface area (Å²) in [6.45, 7) is 0.973. The largest absolute Gasteiger partial charge is 0.377 e. The van der Waals surface area contributed by atoms with Crippen molar-refractivity contribution in [1.29, 1.82) is 5.26 Å². The molecule has 3 rings (SSSR count). The van der Waals surface area contributed by atoms with E-state index in [9.17, 15) is 0 Å². The molecule has 2 aromatic rings. The van der Waals surface area contributed by atoms with Crippen LogP contribution in [0.15, 0.2) is 30.7 Å². The van der Waals surface area contributed by atoms with E-state index in [1.807, 2.05) is 28.9 Å². The molecule has 4 heteroatoms. The summed E-state index contributed by atoms with van der Waals surface area (Å²) in [4.78, 5) is 4.20. The van der Waals surface area contributed by atoms with Crippen LogP contribution in [0.2, 0.25) is 0 Å². The summed E-state index contributed by atoms with van der Waals surface area (Å²) in [6, 6.07) is 6.23. The van der Waals surface area contributed by atoms with Crippen molar-refractivity contribution in [3.05, 3.63) is 36.3 Å². The lowest BCUT2D eigenvalue weighted by molar-refractivity contribution is -0.0297. The maximum atomic E-state index is 9.16. The number of aromatic nitrogens is 2. The van der Waals surface area contributed by atoms with Gasteiger partial charge < -0.3 is 9.14 Å². The zero-order chi connectivity index (χ0) is 10.3. The summed E-state index contributed by atoms with van der Waals surface area (Å²) in [7, 11) is 0. The summed E-state index contributed by atoms with van der Waals surface area (Å²) in [6.07, 6.45) is 5.56. The molecule has 0 bridgehead atoms. The molecule has 0 N–H and O–H groups in total. The predicted molar refractivity (Wildman–Crippen MR) is 53.3 cm³/mol. The number of imidazole rings is 1. The van der Waals surface area contributed by atoms with Gasteiger partial charge in [-0.05, 0) is 17.7 Å². The Balaban J connectivity index is 2.15. The van der Waals surface area contributed by atoms with Gasteiger partial charge in [-0.2, -0.15) is 5.26 Å². The van der Waals surface area contributed by atoms with Gasteiger partial charge in [-0.1, -0.05) is 0 Å². The Morgan fingerprint density at radius 2 is 2.33 bits per heavy atom. The highest BCUT2D eigenvalue weighted by Crippen LogP contribution is 2.31. The van der Waals surface area contributed by atoms with Crippen LogP contribution >= 0.6 is 0 Å². The number of rotatable bonds is 1. The topological polar surface area (TPSA) is 50.3 Å². The summed E-state index contributed by atoms with van der Waals surface area (Å²) >= 11 is 0. The van der Waals surface area contributed by atoms with Gasteiger partial charge in [0.15, 0.2) is 0 Å². The number of nitriles is 1. The lowest BCUT2D eigenvalue weighted by Crippen LogP contribution is -2.45. The Morgan fingerprint density at radius 1 is 1.47 bits per heavy atom. The smallest absolute Gasteiger partial charge is 0.136 e. The van der Waals surface area contributed by atoms with Crippen LogP contribution in [-0.4, -0.2) is 22.6 Å². The molecule has 0 unspecified atom stereocenters. The van der Waals surface area contributed by atoms with Gasteiger partial charge in [-0.25, -0.2) is 4.98 Å². The van der Waals surface area contributed by atoms with E-state index in [-0.39, 0.29) is 0 Å².